The van der Waals surface area contributed by atoms with Crippen molar-refractivity contribution in [3.05, 3.63) is 66.4 Å². The molecule has 0 saturated carbocycles. The zero-order valence-corrected chi connectivity index (χ0v) is 21.2. The van der Waals surface area contributed by atoms with Crippen molar-refractivity contribution in [3.63, 3.8) is 0 Å². The van der Waals surface area contributed by atoms with Gasteiger partial charge in [-0.15, -0.1) is 5.10 Å². The van der Waals surface area contributed by atoms with Crippen LogP contribution in [0.4, 0.5) is 0 Å². The molecule has 1 saturated heterocycles. The van der Waals surface area contributed by atoms with Crippen LogP contribution in [0.2, 0.25) is 0 Å². The van der Waals surface area contributed by atoms with E-state index in [4.69, 9.17) is 9.47 Å². The summed E-state index contributed by atoms with van der Waals surface area (Å²) in [6, 6.07) is 15.8. The number of rotatable bonds is 8. The molecule has 0 bridgehead atoms. The summed E-state index contributed by atoms with van der Waals surface area (Å²) in [5, 5.41) is 42.4. The van der Waals surface area contributed by atoms with Crippen LogP contribution in [-0.2, 0) is 16.0 Å². The van der Waals surface area contributed by atoms with E-state index < -0.39 is 42.7 Å². The number of nitrogens with one attached hydrogen (secondary N) is 1. The second-order valence-corrected chi connectivity index (χ2v) is 10.2. The molecule has 37 heavy (non-hydrogen) atoms. The van der Waals surface area contributed by atoms with Crippen molar-refractivity contribution < 1.29 is 29.6 Å². The van der Waals surface area contributed by atoms with Crippen LogP contribution in [0.25, 0.3) is 11.3 Å². The average Bonchev–Trinajstić information content (AvgIpc) is 3.37. The van der Waals surface area contributed by atoms with Crippen LogP contribution in [-0.4, -0.2) is 74.0 Å². The molecular weight excluding hydrogens is 476 g/mol. The Hall–Kier alpha value is -3.31. The minimum atomic E-state index is -1.34. The summed E-state index contributed by atoms with van der Waals surface area (Å²) in [7, 11) is 0. The lowest BCUT2D eigenvalue weighted by Crippen LogP contribution is -2.57. The summed E-state index contributed by atoms with van der Waals surface area (Å²) in [5.74, 6) is 0.469. The summed E-state index contributed by atoms with van der Waals surface area (Å²) >= 11 is 0. The van der Waals surface area contributed by atoms with Gasteiger partial charge in [-0.25, -0.2) is 4.68 Å². The predicted molar refractivity (Wildman–Crippen MR) is 135 cm³/mol. The number of aliphatic hydroxyl groups is 3. The molecule has 10 heteroatoms. The van der Waals surface area contributed by atoms with Gasteiger partial charge in [-0.2, -0.15) is 0 Å². The van der Waals surface area contributed by atoms with Crippen molar-refractivity contribution in [3.8, 4) is 17.0 Å². The number of benzene rings is 2. The van der Waals surface area contributed by atoms with Crippen molar-refractivity contribution >= 4 is 5.91 Å². The fourth-order valence-corrected chi connectivity index (χ4v) is 4.06. The molecule has 1 amide bonds. The summed E-state index contributed by atoms with van der Waals surface area (Å²) in [5.41, 5.74) is 2.01. The Kier molecular flexibility index (Phi) is 8.23. The van der Waals surface area contributed by atoms with Gasteiger partial charge in [-0.05, 0) is 24.1 Å². The predicted octanol–water partition coefficient (Wildman–Crippen LogP) is 1.71. The fourth-order valence-electron chi connectivity index (χ4n) is 4.06. The third-order valence-corrected chi connectivity index (χ3v) is 6.29. The molecule has 0 spiro atoms. The second kappa shape index (κ2) is 11.4. The molecule has 2 aromatic carbocycles. The van der Waals surface area contributed by atoms with Crippen molar-refractivity contribution in [1.29, 1.82) is 0 Å². The molecule has 1 fully saturated rings. The lowest BCUT2D eigenvalue weighted by molar-refractivity contribution is -0.256. The first-order chi connectivity index (χ1) is 17.7. The smallest absolute Gasteiger partial charge is 0.225 e. The van der Waals surface area contributed by atoms with Gasteiger partial charge in [-0.1, -0.05) is 68.4 Å². The van der Waals surface area contributed by atoms with Crippen LogP contribution in [0, 0.1) is 5.41 Å². The third-order valence-electron chi connectivity index (χ3n) is 6.29. The van der Waals surface area contributed by atoms with Gasteiger partial charge in [0.15, 0.2) is 0 Å². The van der Waals surface area contributed by atoms with Gasteiger partial charge >= 0.3 is 0 Å². The largest absolute Gasteiger partial charge is 0.462 e. The number of carbonyl (C=O) groups is 1. The normalized spacial score (nSPS) is 24.0. The first-order valence-electron chi connectivity index (χ1n) is 12.3. The number of carbonyl (C=O) groups excluding carboxylic acids is 1. The Morgan fingerprint density at radius 1 is 1.08 bits per heavy atom. The van der Waals surface area contributed by atoms with Gasteiger partial charge in [0.1, 0.15) is 35.8 Å². The van der Waals surface area contributed by atoms with E-state index in [9.17, 15) is 20.1 Å². The maximum Gasteiger partial charge on any atom is 0.225 e. The molecule has 1 aliphatic heterocycles. The van der Waals surface area contributed by atoms with E-state index >= 15 is 0 Å². The maximum absolute atomic E-state index is 12.0. The molecule has 0 aliphatic carbocycles. The number of hydrogen-bond acceptors (Lipinski definition) is 8. The van der Waals surface area contributed by atoms with Gasteiger partial charge in [-0.3, -0.25) is 4.79 Å². The fraction of sp³-hybridized carbons (Fsp3) is 0.444. The van der Waals surface area contributed by atoms with E-state index in [1.54, 1.807) is 18.3 Å². The van der Waals surface area contributed by atoms with Crippen molar-refractivity contribution in [2.45, 2.75) is 57.8 Å². The first-order valence-corrected chi connectivity index (χ1v) is 12.3. The first kappa shape index (κ1) is 26.7. The zero-order chi connectivity index (χ0) is 26.6. The van der Waals surface area contributed by atoms with Crippen LogP contribution >= 0.6 is 0 Å². The van der Waals surface area contributed by atoms with Crippen molar-refractivity contribution in [1.82, 2.24) is 20.3 Å². The van der Waals surface area contributed by atoms with E-state index in [-0.39, 0.29) is 5.91 Å². The third kappa shape index (κ3) is 6.34. The number of amides is 1. The van der Waals surface area contributed by atoms with E-state index in [0.717, 1.165) is 11.1 Å². The summed E-state index contributed by atoms with van der Waals surface area (Å²) in [6.45, 7) is 5.63. The molecule has 2 heterocycles. The molecule has 4 N–H and O–H groups in total. The van der Waals surface area contributed by atoms with Crippen LogP contribution < -0.4 is 10.1 Å². The molecule has 4 rings (SSSR count). The second-order valence-electron chi connectivity index (χ2n) is 10.2. The zero-order valence-electron chi connectivity index (χ0n) is 21.2. The Bertz CT molecular complexity index is 1160. The van der Waals surface area contributed by atoms with Crippen molar-refractivity contribution in [2.75, 3.05) is 13.2 Å². The van der Waals surface area contributed by atoms with Crippen LogP contribution in [0.5, 0.6) is 5.75 Å². The van der Waals surface area contributed by atoms with Gasteiger partial charge < -0.3 is 30.1 Å². The Morgan fingerprint density at radius 3 is 2.43 bits per heavy atom. The molecular formula is C27H34N4O6. The highest BCUT2D eigenvalue weighted by Gasteiger charge is 2.47. The van der Waals surface area contributed by atoms with Crippen LogP contribution in [0.1, 0.15) is 32.4 Å². The lowest BCUT2D eigenvalue weighted by atomic mass is 9.95. The highest BCUT2D eigenvalue weighted by Crippen LogP contribution is 2.32. The van der Waals surface area contributed by atoms with Crippen LogP contribution in [0.3, 0.4) is 0 Å². The molecule has 2 unspecified atom stereocenters. The number of hydrogen-bond donors (Lipinski definition) is 4. The molecule has 10 nitrogen and oxygen atoms in total. The molecule has 198 valence electrons. The van der Waals surface area contributed by atoms with E-state index in [1.165, 1.54) is 4.68 Å². The number of aliphatic hydroxyl groups excluding tert-OH is 3. The number of nitrogens with zero attached hydrogens (tertiary/aromatic N) is 3. The van der Waals surface area contributed by atoms with Crippen molar-refractivity contribution in [2.24, 2.45) is 5.41 Å². The summed E-state index contributed by atoms with van der Waals surface area (Å²) < 4.78 is 13.3. The molecule has 5 atom stereocenters. The maximum atomic E-state index is 12.0. The monoisotopic (exact) mass is 510 g/mol. The Balaban J connectivity index is 1.48. The highest BCUT2D eigenvalue weighted by atomic mass is 16.7. The number of aromatic nitrogens is 3. The molecule has 1 aliphatic rings. The molecule has 3 aromatic rings. The lowest BCUT2D eigenvalue weighted by Gasteiger charge is -2.41. The number of ether oxygens (including phenoxy) is 2. The highest BCUT2D eigenvalue weighted by molar-refractivity contribution is 5.81. The SMILES string of the molecule is CC(C)(C)C(=O)NCCc1ccc(O[C@H]2OC(CO)[C@@H](O)[C@H](O)C2n2cc(-c3ccccc3)nn2)cc1. The van der Waals surface area contributed by atoms with Crippen LogP contribution in [0.15, 0.2) is 60.8 Å². The van der Waals surface area contributed by atoms with Gasteiger partial charge in [0.2, 0.25) is 12.2 Å². The average molecular weight is 511 g/mol. The quantitative estimate of drug-likeness (QED) is 0.359. The Labute approximate surface area is 215 Å². The summed E-state index contributed by atoms with van der Waals surface area (Å²) in [6.07, 6.45) is -2.44. The van der Waals surface area contributed by atoms with E-state index in [0.29, 0.717) is 24.4 Å². The van der Waals surface area contributed by atoms with Gasteiger partial charge in [0.25, 0.3) is 0 Å². The standard InChI is InChI=1S/C27H34N4O6/c1-27(2,3)26(35)28-14-13-17-9-11-19(12-10-17)36-25-22(24(34)23(33)21(16-32)37-25)31-15-20(29-30-31)18-7-5-4-6-8-18/h4-12,15,21-25,32-34H,13-14,16H2,1-3H3,(H,28,35)/t21?,22?,23-,24-,25+/m1/s1. The Morgan fingerprint density at radius 2 is 1.78 bits per heavy atom. The van der Waals surface area contributed by atoms with Gasteiger partial charge in [0, 0.05) is 17.5 Å². The molecule has 1 aromatic heterocycles. The topological polar surface area (TPSA) is 139 Å². The minimum absolute atomic E-state index is 0.00402. The summed E-state index contributed by atoms with van der Waals surface area (Å²) in [4.78, 5) is 12.0. The minimum Gasteiger partial charge on any atom is -0.462 e. The van der Waals surface area contributed by atoms with Gasteiger partial charge in [0.05, 0.1) is 12.8 Å². The van der Waals surface area contributed by atoms with E-state index in [2.05, 4.69) is 15.6 Å². The molecule has 0 radical (unpaired) electrons. The van der Waals surface area contributed by atoms with E-state index in [1.807, 2.05) is 63.2 Å².